The third-order valence-electron chi connectivity index (χ3n) is 0. The topological polar surface area (TPSA) is 57.0 Å². The van der Waals surface area contributed by atoms with Crippen molar-refractivity contribution < 1.29 is 30.4 Å². The molecular weight excluding hydrogens is 129 g/mol. The summed E-state index contributed by atoms with van der Waals surface area (Å²) in [5.74, 6) is 0. The quantitative estimate of drug-likeness (QED) is 0.405. The third kappa shape index (κ3) is 13.0. The van der Waals surface area contributed by atoms with Gasteiger partial charge in [-0.1, -0.05) is 0 Å². The Hall–Kier alpha value is 0.893. The van der Waals surface area contributed by atoms with Gasteiger partial charge in [-0.05, 0) is 0 Å². The van der Waals surface area contributed by atoms with E-state index >= 15 is 0 Å². The van der Waals surface area contributed by atoms with Crippen LogP contribution in [-0.2, 0) is 43.9 Å². The first-order chi connectivity index (χ1) is 0. The van der Waals surface area contributed by atoms with Crippen LogP contribution in [0, 0.1) is 0 Å². The second-order valence-electron chi connectivity index (χ2n) is 0. The number of hydrogen-bond donors (Lipinski definition) is 0. The molecule has 4 heteroatoms. The van der Waals surface area contributed by atoms with E-state index in [4.69, 9.17) is 0 Å². The zero-order valence-electron chi connectivity index (χ0n) is 1.93. The molecule has 0 atom stereocenters. The molecule has 0 unspecified atom stereocenters. The van der Waals surface area contributed by atoms with Crippen molar-refractivity contribution in [3.05, 3.63) is 0 Å². The molecule has 4 heavy (non-hydrogen) atoms. The molecule has 4 radical (unpaired) electrons. The predicted molar refractivity (Wildman–Crippen MR) is 8.74 cm³/mol. The van der Waals surface area contributed by atoms with Crippen molar-refractivity contribution in [1.82, 2.24) is 0 Å². The van der Waals surface area contributed by atoms with Crippen LogP contribution >= 0.6 is 0 Å². The van der Waals surface area contributed by atoms with Gasteiger partial charge in [-0.15, -0.1) is 0 Å². The summed E-state index contributed by atoms with van der Waals surface area (Å²) in [6.45, 7) is 0. The van der Waals surface area contributed by atoms with Gasteiger partial charge in [0.2, 0.25) is 0 Å². The molecule has 0 bridgehead atoms. The minimum Gasteiger partial charge on any atom is -2.00 e. The average molecular weight is 129 g/mol. The fourth-order valence-electron chi connectivity index (χ4n) is 0. The summed E-state index contributed by atoms with van der Waals surface area (Å²) < 4.78 is 0. The number of rotatable bonds is 0. The monoisotopic (exact) mass is 128 g/mol. The van der Waals surface area contributed by atoms with E-state index in [1.54, 1.807) is 0 Å². The summed E-state index contributed by atoms with van der Waals surface area (Å²) in [4.78, 5) is 0. The largest absolute Gasteiger partial charge is 2.00 e. The van der Waals surface area contributed by atoms with E-state index in [9.17, 15) is 0 Å². The second kappa shape index (κ2) is 40.8. The van der Waals surface area contributed by atoms with Crippen molar-refractivity contribution in [2.75, 3.05) is 0 Å². The van der Waals surface area contributed by atoms with E-state index in [0.717, 1.165) is 0 Å². The fraction of sp³-hybridized carbons (Fsp3) is 0. The van der Waals surface area contributed by atoms with Crippen LogP contribution in [0.3, 0.4) is 0 Å². The van der Waals surface area contributed by atoms with Gasteiger partial charge in [-0.3, -0.25) is 0 Å². The van der Waals surface area contributed by atoms with Crippen molar-refractivity contribution in [3.8, 4) is 0 Å². The van der Waals surface area contributed by atoms with Crippen LogP contribution in [0.2, 0.25) is 0 Å². The summed E-state index contributed by atoms with van der Waals surface area (Å²) in [6.07, 6.45) is 0. The first-order valence-corrected chi connectivity index (χ1v) is 0. The molecule has 0 fully saturated rings. The van der Waals surface area contributed by atoms with E-state index in [1.807, 2.05) is 0 Å². The van der Waals surface area contributed by atoms with E-state index in [2.05, 4.69) is 0 Å². The molecular formula is O2SZn. The molecule has 0 aliphatic heterocycles. The summed E-state index contributed by atoms with van der Waals surface area (Å²) in [5, 5.41) is 0. The molecule has 0 aromatic carbocycles. The molecule has 0 aliphatic carbocycles. The van der Waals surface area contributed by atoms with Crippen LogP contribution in [0.15, 0.2) is 0 Å². The fourth-order valence-corrected chi connectivity index (χ4v) is 0. The second-order valence-corrected chi connectivity index (χ2v) is 0. The van der Waals surface area contributed by atoms with Gasteiger partial charge < -0.3 is 11.0 Å². The molecule has 2 nitrogen and oxygen atoms in total. The maximum atomic E-state index is 0. The van der Waals surface area contributed by atoms with Crippen LogP contribution in [0.5, 0.6) is 0 Å². The Morgan fingerprint density at radius 2 is 0.750 bits per heavy atom. The number of hydrogen-bond acceptors (Lipinski definition) is 0. The zero-order valence-corrected chi connectivity index (χ0v) is 5.72. The molecule has 0 rings (SSSR count). The molecule has 0 saturated carbocycles. The van der Waals surface area contributed by atoms with Gasteiger partial charge in [-0.25, -0.2) is 0 Å². The molecule has 0 amide bonds. The Morgan fingerprint density at radius 1 is 0.750 bits per heavy atom. The van der Waals surface area contributed by atoms with Crippen LogP contribution in [0.25, 0.3) is 0 Å². The summed E-state index contributed by atoms with van der Waals surface area (Å²) in [7, 11) is 0. The molecule has 0 N–H and O–H groups in total. The summed E-state index contributed by atoms with van der Waals surface area (Å²) >= 11 is 0. The van der Waals surface area contributed by atoms with Gasteiger partial charge in [0.25, 0.3) is 0 Å². The van der Waals surface area contributed by atoms with Crippen LogP contribution in [0.4, 0.5) is 0 Å². The summed E-state index contributed by atoms with van der Waals surface area (Å²) in [5.41, 5.74) is 0. The Bertz CT molecular complexity index is 6.00. The van der Waals surface area contributed by atoms with Crippen molar-refractivity contribution in [2.24, 2.45) is 0 Å². The van der Waals surface area contributed by atoms with E-state index in [-0.39, 0.29) is 43.9 Å². The van der Waals surface area contributed by atoms with Crippen LogP contribution in [0.1, 0.15) is 0 Å². The minimum atomic E-state index is 0. The maximum Gasteiger partial charge on any atom is 2.00 e. The first-order valence-electron chi connectivity index (χ1n) is 0. The van der Waals surface area contributed by atoms with Gasteiger partial charge in [0.1, 0.15) is 0 Å². The molecule has 0 aromatic heterocycles. The maximum absolute atomic E-state index is 0. The molecule has 20 valence electrons. The Kier molecular flexibility index (Phi) is 949. The van der Waals surface area contributed by atoms with E-state index < -0.39 is 0 Å². The van der Waals surface area contributed by atoms with Gasteiger partial charge in [0, 0.05) is 0 Å². The van der Waals surface area contributed by atoms with E-state index in [1.165, 1.54) is 0 Å². The Morgan fingerprint density at radius 3 is 0.750 bits per heavy atom. The molecule has 0 aromatic rings. The zero-order chi connectivity index (χ0) is 0. The Labute approximate surface area is 44.4 Å². The molecule has 0 spiro atoms. The van der Waals surface area contributed by atoms with Gasteiger partial charge in [-0.2, -0.15) is 0 Å². The van der Waals surface area contributed by atoms with Gasteiger partial charge in [0.05, 0.1) is 0 Å². The van der Waals surface area contributed by atoms with E-state index in [0.29, 0.717) is 0 Å². The van der Waals surface area contributed by atoms with Gasteiger partial charge >= 0.3 is 33.0 Å². The third-order valence-corrected chi connectivity index (χ3v) is 0. The molecule has 0 saturated heterocycles. The van der Waals surface area contributed by atoms with Crippen molar-refractivity contribution in [2.45, 2.75) is 0 Å². The molecule has 0 aliphatic rings. The van der Waals surface area contributed by atoms with Gasteiger partial charge in [0.15, 0.2) is 0 Å². The minimum absolute atomic E-state index is 0. The standard InChI is InChI=1S/2O.S.Zn/q2*-2;2*+2. The average Bonchev–Trinajstić information content (AvgIpc) is 0. The van der Waals surface area contributed by atoms with Crippen molar-refractivity contribution in [3.63, 3.8) is 0 Å². The van der Waals surface area contributed by atoms with Crippen molar-refractivity contribution >= 4 is 13.5 Å². The van der Waals surface area contributed by atoms with Crippen molar-refractivity contribution in [1.29, 1.82) is 0 Å². The molecule has 0 heterocycles. The smallest absolute Gasteiger partial charge is 2.00 e. The normalized spacial score (nSPS) is 0. The SMILES string of the molecule is [O-2].[O-2].[S+2].[Zn+2]. The summed E-state index contributed by atoms with van der Waals surface area (Å²) in [6, 6.07) is 0. The first kappa shape index (κ1) is 92.9. The predicted octanol–water partition coefficient (Wildman–Crippen LogP) is -0.243. The van der Waals surface area contributed by atoms with Crippen LogP contribution < -0.4 is 0 Å². The Balaban J connectivity index is 0. The van der Waals surface area contributed by atoms with Crippen LogP contribution in [-0.4, -0.2) is 0 Å².